The van der Waals surface area contributed by atoms with Crippen molar-refractivity contribution in [3.63, 3.8) is 0 Å². The van der Waals surface area contributed by atoms with Crippen LogP contribution in [-0.4, -0.2) is 0 Å². The van der Waals surface area contributed by atoms with Gasteiger partial charge in [-0.1, -0.05) is 24.3 Å². The van der Waals surface area contributed by atoms with Crippen molar-refractivity contribution in [1.29, 1.82) is 0 Å². The average molecular weight is 178 g/mol. The Labute approximate surface area is 78.2 Å². The van der Waals surface area contributed by atoms with Crippen LogP contribution in [-0.2, 0) is 0 Å². The fraction of sp³-hybridized carbons (Fsp3) is 0.273. The third-order valence-corrected chi connectivity index (χ3v) is 2.45. The van der Waals surface area contributed by atoms with E-state index in [1.54, 1.807) is 0 Å². The van der Waals surface area contributed by atoms with Crippen LogP contribution in [0.25, 0.3) is 0 Å². The molecular formula is C11H14S. The first kappa shape index (κ1) is 9.27. The van der Waals surface area contributed by atoms with E-state index in [9.17, 15) is 0 Å². The molecule has 0 saturated carbocycles. The summed E-state index contributed by atoms with van der Waals surface area (Å²) in [6.45, 7) is 4.25. The lowest BCUT2D eigenvalue weighted by atomic mass is 10.5. The molecule has 0 atom stereocenters. The Morgan fingerprint density at radius 3 is 1.67 bits per heavy atom. The minimum absolute atomic E-state index is 1.14. The summed E-state index contributed by atoms with van der Waals surface area (Å²) in [4.78, 5) is 2.80. The van der Waals surface area contributed by atoms with Gasteiger partial charge in [-0.15, -0.1) is 11.3 Å². The molecule has 0 fully saturated rings. The van der Waals surface area contributed by atoms with Gasteiger partial charge in [0.25, 0.3) is 0 Å². The molecule has 0 nitrogen and oxygen atoms in total. The molecule has 0 aromatic carbocycles. The molecule has 64 valence electrons. The number of hydrogen-bond acceptors (Lipinski definition) is 1. The van der Waals surface area contributed by atoms with Crippen LogP contribution >= 0.6 is 11.3 Å². The van der Waals surface area contributed by atoms with E-state index >= 15 is 0 Å². The molecular weight excluding hydrogens is 164 g/mol. The summed E-state index contributed by atoms with van der Waals surface area (Å²) < 4.78 is 0. The van der Waals surface area contributed by atoms with Gasteiger partial charge in [0.1, 0.15) is 0 Å². The van der Waals surface area contributed by atoms with E-state index < -0.39 is 0 Å². The van der Waals surface area contributed by atoms with Gasteiger partial charge >= 0.3 is 0 Å². The number of rotatable bonds is 0. The molecule has 1 aromatic rings. The lowest BCUT2D eigenvalue weighted by Gasteiger charge is -1.71. The second-order valence-electron chi connectivity index (χ2n) is 2.75. The maximum absolute atomic E-state index is 2.14. The molecule has 1 aliphatic rings. The normalized spacial score (nSPS) is 12.8. The topological polar surface area (TPSA) is 0 Å². The van der Waals surface area contributed by atoms with Crippen molar-refractivity contribution in [2.75, 3.05) is 0 Å². The first-order valence-corrected chi connectivity index (χ1v) is 4.95. The lowest BCUT2D eigenvalue weighted by molar-refractivity contribution is 1.45. The number of hydrogen-bond donors (Lipinski definition) is 0. The molecule has 0 amide bonds. The van der Waals surface area contributed by atoms with E-state index in [4.69, 9.17) is 0 Å². The molecule has 1 aliphatic carbocycles. The Kier molecular flexibility index (Phi) is 3.81. The van der Waals surface area contributed by atoms with Gasteiger partial charge in [0.2, 0.25) is 0 Å². The van der Waals surface area contributed by atoms with Crippen molar-refractivity contribution in [3.05, 3.63) is 46.2 Å². The van der Waals surface area contributed by atoms with Crippen LogP contribution < -0.4 is 0 Å². The van der Waals surface area contributed by atoms with Gasteiger partial charge in [-0.05, 0) is 32.4 Å². The highest BCUT2D eigenvalue weighted by molar-refractivity contribution is 7.11. The van der Waals surface area contributed by atoms with Crippen LogP contribution in [0.2, 0.25) is 0 Å². The SMILES string of the molecule is C1=CCC=C1.Cc1ccc(C)s1. The van der Waals surface area contributed by atoms with Crippen molar-refractivity contribution in [1.82, 2.24) is 0 Å². The van der Waals surface area contributed by atoms with E-state index in [1.807, 2.05) is 11.3 Å². The van der Waals surface area contributed by atoms with Gasteiger partial charge in [0, 0.05) is 9.75 Å². The summed E-state index contributed by atoms with van der Waals surface area (Å²) in [6, 6.07) is 4.28. The Morgan fingerprint density at radius 1 is 1.00 bits per heavy atom. The predicted octanol–water partition coefficient (Wildman–Crippen LogP) is 3.87. The molecule has 1 heterocycles. The van der Waals surface area contributed by atoms with E-state index in [1.165, 1.54) is 9.75 Å². The maximum atomic E-state index is 2.14. The number of thiophene rings is 1. The van der Waals surface area contributed by atoms with Gasteiger partial charge < -0.3 is 0 Å². The predicted molar refractivity (Wildman–Crippen MR) is 56.7 cm³/mol. The second kappa shape index (κ2) is 4.94. The van der Waals surface area contributed by atoms with Crippen LogP contribution in [0.3, 0.4) is 0 Å². The van der Waals surface area contributed by atoms with E-state index in [0.29, 0.717) is 0 Å². The van der Waals surface area contributed by atoms with E-state index in [2.05, 4.69) is 50.3 Å². The molecule has 2 rings (SSSR count). The van der Waals surface area contributed by atoms with Crippen molar-refractivity contribution >= 4 is 11.3 Å². The number of allylic oxidation sites excluding steroid dienone is 4. The third-order valence-electron chi connectivity index (χ3n) is 1.53. The summed E-state index contributed by atoms with van der Waals surface area (Å²) in [5.41, 5.74) is 0. The molecule has 0 spiro atoms. The largest absolute Gasteiger partial charge is 0.146 e. The maximum Gasteiger partial charge on any atom is 0.00170 e. The van der Waals surface area contributed by atoms with Crippen LogP contribution in [0.1, 0.15) is 16.2 Å². The number of aryl methyl sites for hydroxylation is 2. The highest BCUT2D eigenvalue weighted by Gasteiger charge is 1.84. The molecule has 1 heteroatoms. The first-order chi connectivity index (χ1) is 5.79. The fourth-order valence-corrected chi connectivity index (χ4v) is 1.73. The van der Waals surface area contributed by atoms with Crippen LogP contribution in [0.4, 0.5) is 0 Å². The van der Waals surface area contributed by atoms with Crippen molar-refractivity contribution < 1.29 is 0 Å². The summed E-state index contributed by atoms with van der Waals surface area (Å²) in [7, 11) is 0. The van der Waals surface area contributed by atoms with E-state index in [0.717, 1.165) is 6.42 Å². The molecule has 0 bridgehead atoms. The van der Waals surface area contributed by atoms with Gasteiger partial charge in [0.05, 0.1) is 0 Å². The Bertz CT molecular complexity index is 252. The minimum Gasteiger partial charge on any atom is -0.146 e. The van der Waals surface area contributed by atoms with Crippen molar-refractivity contribution in [2.45, 2.75) is 20.3 Å². The summed E-state index contributed by atoms with van der Waals surface area (Å²) in [5.74, 6) is 0. The highest BCUT2D eigenvalue weighted by Crippen LogP contribution is 2.12. The Hall–Kier alpha value is -0.820. The summed E-state index contributed by atoms with van der Waals surface area (Å²) >= 11 is 1.84. The third kappa shape index (κ3) is 3.54. The summed E-state index contributed by atoms with van der Waals surface area (Å²) in [5, 5.41) is 0. The fourth-order valence-electron chi connectivity index (χ4n) is 0.950. The first-order valence-electron chi connectivity index (χ1n) is 4.14. The zero-order valence-electron chi connectivity index (χ0n) is 7.58. The Morgan fingerprint density at radius 2 is 1.50 bits per heavy atom. The zero-order chi connectivity index (χ0) is 8.81. The molecule has 0 aliphatic heterocycles. The van der Waals surface area contributed by atoms with Crippen LogP contribution in [0, 0.1) is 13.8 Å². The van der Waals surface area contributed by atoms with Gasteiger partial charge in [-0.3, -0.25) is 0 Å². The quantitative estimate of drug-likeness (QED) is 0.566. The molecule has 0 radical (unpaired) electrons. The second-order valence-corrected chi connectivity index (χ2v) is 4.24. The average Bonchev–Trinajstić information content (AvgIpc) is 2.63. The molecule has 0 N–H and O–H groups in total. The lowest BCUT2D eigenvalue weighted by Crippen LogP contribution is -1.44. The Balaban J connectivity index is 0.000000127. The van der Waals surface area contributed by atoms with Crippen LogP contribution in [0.5, 0.6) is 0 Å². The van der Waals surface area contributed by atoms with Crippen molar-refractivity contribution in [3.8, 4) is 0 Å². The van der Waals surface area contributed by atoms with Gasteiger partial charge in [-0.2, -0.15) is 0 Å². The zero-order valence-corrected chi connectivity index (χ0v) is 8.40. The van der Waals surface area contributed by atoms with E-state index in [-0.39, 0.29) is 0 Å². The van der Waals surface area contributed by atoms with Crippen LogP contribution in [0.15, 0.2) is 36.4 Å². The van der Waals surface area contributed by atoms with Gasteiger partial charge in [-0.25, -0.2) is 0 Å². The molecule has 0 saturated heterocycles. The monoisotopic (exact) mass is 178 g/mol. The van der Waals surface area contributed by atoms with Gasteiger partial charge in [0.15, 0.2) is 0 Å². The van der Waals surface area contributed by atoms with Crippen molar-refractivity contribution in [2.24, 2.45) is 0 Å². The molecule has 1 aromatic heterocycles. The molecule has 12 heavy (non-hydrogen) atoms. The summed E-state index contributed by atoms with van der Waals surface area (Å²) in [6.07, 6.45) is 9.50. The molecule has 0 unspecified atom stereocenters. The smallest absolute Gasteiger partial charge is 0.00170 e. The highest BCUT2D eigenvalue weighted by atomic mass is 32.1. The standard InChI is InChI=1S/C6H8S.C5H6/c1-5-3-4-6(2)7-5;1-2-4-5-3-1/h3-4H,1-2H3;1-4H,5H2. The minimum atomic E-state index is 1.14.